The summed E-state index contributed by atoms with van der Waals surface area (Å²) in [6.45, 7) is 0. The number of ether oxygens (including phenoxy) is 1. The van der Waals surface area contributed by atoms with Crippen molar-refractivity contribution in [1.82, 2.24) is 0 Å². The lowest BCUT2D eigenvalue weighted by atomic mass is 10.2. The number of benzene rings is 1. The highest BCUT2D eigenvalue weighted by molar-refractivity contribution is 5.59. The third kappa shape index (κ3) is 2.73. The molecule has 0 fully saturated rings. The van der Waals surface area contributed by atoms with Crippen LogP contribution in [0.1, 0.15) is 0 Å². The van der Waals surface area contributed by atoms with E-state index in [1.54, 1.807) is 12.1 Å². The Balaban J connectivity index is 2.98. The molecule has 0 amide bonds. The number of nitrogens with zero attached hydrogens (tertiary/aromatic N) is 2. The lowest BCUT2D eigenvalue weighted by Crippen LogP contribution is -1.95. The fourth-order valence-corrected chi connectivity index (χ4v) is 1.03. The maximum atomic E-state index is 12.9. The summed E-state index contributed by atoms with van der Waals surface area (Å²) in [6, 6.07) is 7.27. The summed E-state index contributed by atoms with van der Waals surface area (Å²) in [5, 5.41) is 19.6. The highest BCUT2D eigenvalue weighted by Gasteiger charge is 2.03. The molecule has 0 aromatic heterocycles. The second-order valence-corrected chi connectivity index (χ2v) is 2.77. The Morgan fingerprint density at radius 2 is 2.12 bits per heavy atom. The highest BCUT2D eigenvalue weighted by Crippen LogP contribution is 2.24. The van der Waals surface area contributed by atoms with Gasteiger partial charge in [0, 0.05) is 12.3 Å². The fraction of sp³-hybridized carbons (Fsp3) is 0.0909. The molecular weight excluding hydrogens is 209 g/mol. The fourth-order valence-electron chi connectivity index (χ4n) is 1.03. The normalized spacial score (nSPS) is 8.50. The van der Waals surface area contributed by atoms with E-state index in [1.165, 1.54) is 31.5 Å². The number of methoxy groups -OCH3 is 1. The molecule has 0 aliphatic rings. The number of hydrogen-bond donors (Lipinski definition) is 1. The SMILES string of the molecule is COc1ccc(F)cc1NC=C(C#N)C#N. The lowest BCUT2D eigenvalue weighted by Gasteiger charge is -2.07. The summed E-state index contributed by atoms with van der Waals surface area (Å²) in [5.74, 6) is -0.0138. The van der Waals surface area contributed by atoms with Crippen LogP contribution >= 0.6 is 0 Å². The van der Waals surface area contributed by atoms with Crippen LogP contribution in [0.25, 0.3) is 0 Å². The van der Waals surface area contributed by atoms with E-state index in [1.807, 2.05) is 0 Å². The van der Waals surface area contributed by atoms with Gasteiger partial charge in [0.15, 0.2) is 0 Å². The Hall–Kier alpha value is -2.53. The van der Waals surface area contributed by atoms with Crippen molar-refractivity contribution in [2.45, 2.75) is 0 Å². The summed E-state index contributed by atoms with van der Waals surface area (Å²) >= 11 is 0. The molecule has 1 aromatic rings. The van der Waals surface area contributed by atoms with E-state index in [-0.39, 0.29) is 5.57 Å². The van der Waals surface area contributed by atoms with Crippen LogP contribution in [-0.2, 0) is 0 Å². The predicted molar refractivity (Wildman–Crippen MR) is 55.9 cm³/mol. The molecule has 0 heterocycles. The van der Waals surface area contributed by atoms with E-state index >= 15 is 0 Å². The third-order valence-electron chi connectivity index (χ3n) is 1.77. The van der Waals surface area contributed by atoms with Gasteiger partial charge in [-0.15, -0.1) is 0 Å². The Morgan fingerprint density at radius 1 is 1.44 bits per heavy atom. The molecule has 0 unspecified atom stereocenters. The van der Waals surface area contributed by atoms with Crippen LogP contribution in [0.5, 0.6) is 5.75 Å². The average Bonchev–Trinajstić information content (AvgIpc) is 2.30. The zero-order valence-corrected chi connectivity index (χ0v) is 8.49. The lowest BCUT2D eigenvalue weighted by molar-refractivity contribution is 0.416. The van der Waals surface area contributed by atoms with Crippen LogP contribution in [0.15, 0.2) is 30.0 Å². The largest absolute Gasteiger partial charge is 0.495 e. The summed E-state index contributed by atoms with van der Waals surface area (Å²) in [7, 11) is 1.44. The molecule has 0 bridgehead atoms. The van der Waals surface area contributed by atoms with E-state index in [2.05, 4.69) is 5.32 Å². The van der Waals surface area contributed by atoms with Gasteiger partial charge in [-0.3, -0.25) is 0 Å². The summed E-state index contributed by atoms with van der Waals surface area (Å²) in [6.07, 6.45) is 1.19. The van der Waals surface area contributed by atoms with Gasteiger partial charge in [-0.05, 0) is 12.1 Å². The predicted octanol–water partition coefficient (Wildman–Crippen LogP) is 2.18. The van der Waals surface area contributed by atoms with Crippen molar-refractivity contribution in [3.05, 3.63) is 35.8 Å². The minimum absolute atomic E-state index is 0.105. The standard InChI is InChI=1S/C11H8FN3O/c1-16-11-3-2-9(12)4-10(11)15-7-8(5-13)6-14/h2-4,7,15H,1H3. The number of anilines is 1. The van der Waals surface area contributed by atoms with E-state index in [9.17, 15) is 4.39 Å². The molecule has 0 spiro atoms. The number of rotatable bonds is 3. The first kappa shape index (κ1) is 11.5. The Morgan fingerprint density at radius 3 is 2.69 bits per heavy atom. The van der Waals surface area contributed by atoms with Crippen LogP contribution in [0, 0.1) is 28.5 Å². The van der Waals surface area contributed by atoms with Gasteiger partial charge in [0.2, 0.25) is 0 Å². The molecule has 80 valence electrons. The van der Waals surface area contributed by atoms with E-state index in [0.717, 1.165) is 0 Å². The van der Waals surface area contributed by atoms with Crippen molar-refractivity contribution >= 4 is 5.69 Å². The summed E-state index contributed by atoms with van der Waals surface area (Å²) in [5.41, 5.74) is 0.247. The quantitative estimate of drug-likeness (QED) is 0.788. The monoisotopic (exact) mass is 217 g/mol. The summed E-state index contributed by atoms with van der Waals surface area (Å²) in [4.78, 5) is 0. The van der Waals surface area contributed by atoms with Crippen molar-refractivity contribution in [1.29, 1.82) is 10.5 Å². The van der Waals surface area contributed by atoms with Gasteiger partial charge in [0.25, 0.3) is 0 Å². The van der Waals surface area contributed by atoms with E-state index in [0.29, 0.717) is 11.4 Å². The minimum atomic E-state index is -0.438. The molecular formula is C11H8FN3O. The topological polar surface area (TPSA) is 68.8 Å². The number of halogens is 1. The first-order chi connectivity index (χ1) is 7.71. The molecule has 0 aliphatic carbocycles. The zero-order chi connectivity index (χ0) is 12.0. The molecule has 5 heteroatoms. The number of nitrogens with one attached hydrogen (secondary N) is 1. The summed E-state index contributed by atoms with van der Waals surface area (Å²) < 4.78 is 17.9. The van der Waals surface area contributed by atoms with Crippen molar-refractivity contribution in [2.75, 3.05) is 12.4 Å². The molecule has 16 heavy (non-hydrogen) atoms. The van der Waals surface area contributed by atoms with Crippen molar-refractivity contribution < 1.29 is 9.13 Å². The van der Waals surface area contributed by atoms with Crippen LogP contribution in [0.2, 0.25) is 0 Å². The molecule has 4 nitrogen and oxygen atoms in total. The van der Waals surface area contributed by atoms with Crippen LogP contribution in [0.3, 0.4) is 0 Å². The molecule has 0 saturated carbocycles. The minimum Gasteiger partial charge on any atom is -0.495 e. The average molecular weight is 217 g/mol. The Labute approximate surface area is 92.2 Å². The smallest absolute Gasteiger partial charge is 0.145 e. The Bertz CT molecular complexity index is 481. The van der Waals surface area contributed by atoms with Gasteiger partial charge in [0.05, 0.1) is 12.8 Å². The van der Waals surface area contributed by atoms with Crippen molar-refractivity contribution in [3.63, 3.8) is 0 Å². The number of nitriles is 2. The molecule has 0 saturated heterocycles. The van der Waals surface area contributed by atoms with Crippen molar-refractivity contribution in [3.8, 4) is 17.9 Å². The van der Waals surface area contributed by atoms with Gasteiger partial charge in [0.1, 0.15) is 29.3 Å². The molecule has 1 rings (SSSR count). The maximum absolute atomic E-state index is 12.9. The van der Waals surface area contributed by atoms with Crippen LogP contribution in [-0.4, -0.2) is 7.11 Å². The van der Waals surface area contributed by atoms with Gasteiger partial charge in [-0.25, -0.2) is 4.39 Å². The van der Waals surface area contributed by atoms with Gasteiger partial charge in [-0.1, -0.05) is 0 Å². The first-order valence-electron chi connectivity index (χ1n) is 4.31. The van der Waals surface area contributed by atoms with E-state index in [4.69, 9.17) is 15.3 Å². The van der Waals surface area contributed by atoms with Gasteiger partial charge >= 0.3 is 0 Å². The molecule has 0 atom stereocenters. The second-order valence-electron chi connectivity index (χ2n) is 2.77. The van der Waals surface area contributed by atoms with Crippen molar-refractivity contribution in [2.24, 2.45) is 0 Å². The molecule has 1 aromatic carbocycles. The third-order valence-corrected chi connectivity index (χ3v) is 1.77. The number of allylic oxidation sites excluding steroid dienone is 1. The van der Waals surface area contributed by atoms with Crippen LogP contribution < -0.4 is 10.1 Å². The van der Waals surface area contributed by atoms with E-state index < -0.39 is 5.82 Å². The highest BCUT2D eigenvalue weighted by atomic mass is 19.1. The van der Waals surface area contributed by atoms with Gasteiger partial charge < -0.3 is 10.1 Å². The van der Waals surface area contributed by atoms with Gasteiger partial charge in [-0.2, -0.15) is 10.5 Å². The second kappa shape index (κ2) is 5.38. The first-order valence-corrected chi connectivity index (χ1v) is 4.31. The Kier molecular flexibility index (Phi) is 3.88. The molecule has 0 aliphatic heterocycles. The maximum Gasteiger partial charge on any atom is 0.145 e. The molecule has 0 radical (unpaired) electrons. The number of hydrogen-bond acceptors (Lipinski definition) is 4. The molecule has 1 N–H and O–H groups in total. The van der Waals surface area contributed by atoms with Crippen LogP contribution in [0.4, 0.5) is 10.1 Å². The zero-order valence-electron chi connectivity index (χ0n) is 8.49.